The Hall–Kier alpha value is -2.50. The SMILES string of the molecule is COc1ncnc(Nc2ccccc2N(C)C)c1N. The number of benzene rings is 1. The number of nitrogens with zero attached hydrogens (tertiary/aromatic N) is 3. The van der Waals surface area contributed by atoms with Crippen LogP contribution in [0.4, 0.5) is 22.9 Å². The van der Waals surface area contributed by atoms with E-state index in [1.807, 2.05) is 43.3 Å². The smallest absolute Gasteiger partial charge is 0.242 e. The van der Waals surface area contributed by atoms with Gasteiger partial charge in [-0.2, -0.15) is 4.98 Å². The van der Waals surface area contributed by atoms with E-state index in [0.29, 0.717) is 17.4 Å². The van der Waals surface area contributed by atoms with Crippen LogP contribution in [0.25, 0.3) is 0 Å². The van der Waals surface area contributed by atoms with Crippen LogP contribution in [0.3, 0.4) is 0 Å². The molecule has 0 unspecified atom stereocenters. The van der Waals surface area contributed by atoms with Crippen LogP contribution in [0.5, 0.6) is 5.88 Å². The standard InChI is InChI=1S/C13H17N5O/c1-18(2)10-7-5-4-6-9(10)17-12-11(14)13(19-3)16-8-15-12/h4-8H,14H2,1-3H3,(H,15,16,17). The van der Waals surface area contributed by atoms with E-state index in [-0.39, 0.29) is 0 Å². The molecule has 0 aliphatic carbocycles. The lowest BCUT2D eigenvalue weighted by atomic mass is 10.2. The molecule has 6 nitrogen and oxygen atoms in total. The fourth-order valence-corrected chi connectivity index (χ4v) is 1.74. The Bertz CT molecular complexity index is 571. The molecule has 100 valence electrons. The predicted molar refractivity (Wildman–Crippen MR) is 77.0 cm³/mol. The fraction of sp³-hybridized carbons (Fsp3) is 0.231. The van der Waals surface area contributed by atoms with Gasteiger partial charge in [0.25, 0.3) is 0 Å². The highest BCUT2D eigenvalue weighted by Gasteiger charge is 2.10. The third kappa shape index (κ3) is 2.67. The van der Waals surface area contributed by atoms with E-state index < -0.39 is 0 Å². The van der Waals surface area contributed by atoms with E-state index in [1.165, 1.54) is 13.4 Å². The number of ether oxygens (including phenoxy) is 1. The Labute approximate surface area is 112 Å². The summed E-state index contributed by atoms with van der Waals surface area (Å²) in [6.45, 7) is 0. The van der Waals surface area contributed by atoms with E-state index in [4.69, 9.17) is 10.5 Å². The third-order valence-electron chi connectivity index (χ3n) is 2.68. The Kier molecular flexibility index (Phi) is 3.70. The fourth-order valence-electron chi connectivity index (χ4n) is 1.74. The normalized spacial score (nSPS) is 10.1. The third-order valence-corrected chi connectivity index (χ3v) is 2.68. The molecule has 2 rings (SSSR count). The van der Waals surface area contributed by atoms with Crippen molar-refractivity contribution < 1.29 is 4.74 Å². The summed E-state index contributed by atoms with van der Waals surface area (Å²) in [5.41, 5.74) is 8.29. The van der Waals surface area contributed by atoms with E-state index in [1.54, 1.807) is 0 Å². The Morgan fingerprint density at radius 3 is 2.63 bits per heavy atom. The molecule has 0 amide bonds. The van der Waals surface area contributed by atoms with E-state index in [2.05, 4.69) is 15.3 Å². The number of methoxy groups -OCH3 is 1. The molecule has 0 aliphatic rings. The molecule has 6 heteroatoms. The molecule has 0 aliphatic heterocycles. The molecular weight excluding hydrogens is 242 g/mol. The lowest BCUT2D eigenvalue weighted by Gasteiger charge is -2.18. The molecule has 1 heterocycles. The number of anilines is 4. The molecule has 0 fully saturated rings. The average Bonchev–Trinajstić information content (AvgIpc) is 2.41. The molecule has 0 atom stereocenters. The summed E-state index contributed by atoms with van der Waals surface area (Å²) in [6.07, 6.45) is 1.41. The lowest BCUT2D eigenvalue weighted by Crippen LogP contribution is -2.11. The van der Waals surface area contributed by atoms with Gasteiger partial charge in [0.15, 0.2) is 5.82 Å². The summed E-state index contributed by atoms with van der Waals surface area (Å²) in [4.78, 5) is 10.1. The number of hydrogen-bond acceptors (Lipinski definition) is 6. The quantitative estimate of drug-likeness (QED) is 0.873. The van der Waals surface area contributed by atoms with Crippen molar-refractivity contribution in [2.75, 3.05) is 37.2 Å². The van der Waals surface area contributed by atoms with Crippen molar-refractivity contribution in [2.24, 2.45) is 0 Å². The minimum absolute atomic E-state index is 0.361. The molecule has 0 saturated heterocycles. The predicted octanol–water partition coefficient (Wildman–Crippen LogP) is 1.88. The molecule has 0 bridgehead atoms. The zero-order valence-electron chi connectivity index (χ0n) is 11.2. The molecule has 19 heavy (non-hydrogen) atoms. The van der Waals surface area contributed by atoms with Crippen LogP contribution in [0, 0.1) is 0 Å². The van der Waals surface area contributed by atoms with Gasteiger partial charge in [-0.15, -0.1) is 0 Å². The zero-order valence-corrected chi connectivity index (χ0v) is 11.2. The van der Waals surface area contributed by atoms with Crippen molar-refractivity contribution in [3.63, 3.8) is 0 Å². The maximum absolute atomic E-state index is 5.94. The number of para-hydroxylation sites is 2. The van der Waals surface area contributed by atoms with E-state index >= 15 is 0 Å². The van der Waals surface area contributed by atoms with Gasteiger partial charge in [-0.05, 0) is 12.1 Å². The monoisotopic (exact) mass is 259 g/mol. The van der Waals surface area contributed by atoms with Gasteiger partial charge in [-0.25, -0.2) is 4.98 Å². The van der Waals surface area contributed by atoms with Crippen molar-refractivity contribution in [1.29, 1.82) is 0 Å². The van der Waals surface area contributed by atoms with Crippen molar-refractivity contribution in [1.82, 2.24) is 9.97 Å². The average molecular weight is 259 g/mol. The molecule has 1 aromatic heterocycles. The molecule has 3 N–H and O–H groups in total. The zero-order chi connectivity index (χ0) is 13.8. The number of nitrogen functional groups attached to an aromatic ring is 1. The first-order chi connectivity index (χ1) is 9.13. The van der Waals surface area contributed by atoms with Crippen LogP contribution >= 0.6 is 0 Å². The summed E-state index contributed by atoms with van der Waals surface area (Å²) >= 11 is 0. The van der Waals surface area contributed by atoms with Crippen molar-refractivity contribution in [2.45, 2.75) is 0 Å². The molecule has 2 aromatic rings. The highest BCUT2D eigenvalue weighted by Crippen LogP contribution is 2.31. The Balaban J connectivity index is 2.37. The number of nitrogens with two attached hydrogens (primary N) is 1. The van der Waals surface area contributed by atoms with Gasteiger partial charge >= 0.3 is 0 Å². The summed E-state index contributed by atoms with van der Waals surface area (Å²) in [7, 11) is 5.48. The summed E-state index contributed by atoms with van der Waals surface area (Å²) in [5, 5.41) is 3.20. The van der Waals surface area contributed by atoms with Crippen molar-refractivity contribution >= 4 is 22.9 Å². The molecule has 0 spiro atoms. The van der Waals surface area contributed by atoms with Gasteiger partial charge < -0.3 is 20.7 Å². The number of rotatable bonds is 4. The summed E-state index contributed by atoms with van der Waals surface area (Å²) in [6, 6.07) is 7.90. The van der Waals surface area contributed by atoms with Crippen LogP contribution in [-0.4, -0.2) is 31.2 Å². The topological polar surface area (TPSA) is 76.3 Å². The van der Waals surface area contributed by atoms with Crippen molar-refractivity contribution in [3.05, 3.63) is 30.6 Å². The first-order valence-electron chi connectivity index (χ1n) is 5.81. The maximum atomic E-state index is 5.94. The number of hydrogen-bond donors (Lipinski definition) is 2. The molecular formula is C13H17N5O. The minimum Gasteiger partial charge on any atom is -0.479 e. The van der Waals surface area contributed by atoms with Crippen LogP contribution < -0.4 is 20.7 Å². The second-order valence-corrected chi connectivity index (χ2v) is 4.18. The van der Waals surface area contributed by atoms with Crippen LogP contribution in [-0.2, 0) is 0 Å². The summed E-state index contributed by atoms with van der Waals surface area (Å²) in [5.74, 6) is 0.890. The van der Waals surface area contributed by atoms with Gasteiger partial charge in [-0.3, -0.25) is 0 Å². The maximum Gasteiger partial charge on any atom is 0.242 e. The molecule has 1 aromatic carbocycles. The Morgan fingerprint density at radius 1 is 1.21 bits per heavy atom. The van der Waals surface area contributed by atoms with Crippen LogP contribution in [0.15, 0.2) is 30.6 Å². The number of aromatic nitrogens is 2. The van der Waals surface area contributed by atoms with Crippen LogP contribution in [0.2, 0.25) is 0 Å². The van der Waals surface area contributed by atoms with Gasteiger partial charge in [0.05, 0.1) is 18.5 Å². The largest absolute Gasteiger partial charge is 0.479 e. The summed E-state index contributed by atoms with van der Waals surface area (Å²) < 4.78 is 5.07. The molecule has 0 saturated carbocycles. The Morgan fingerprint density at radius 2 is 1.95 bits per heavy atom. The van der Waals surface area contributed by atoms with Crippen LogP contribution in [0.1, 0.15) is 0 Å². The highest BCUT2D eigenvalue weighted by molar-refractivity contribution is 5.79. The lowest BCUT2D eigenvalue weighted by molar-refractivity contribution is 0.399. The first kappa shape index (κ1) is 12.9. The number of nitrogens with one attached hydrogen (secondary N) is 1. The first-order valence-corrected chi connectivity index (χ1v) is 5.81. The van der Waals surface area contributed by atoms with E-state index in [0.717, 1.165) is 11.4 Å². The highest BCUT2D eigenvalue weighted by atomic mass is 16.5. The second kappa shape index (κ2) is 5.43. The van der Waals surface area contributed by atoms with Gasteiger partial charge in [0.1, 0.15) is 12.0 Å². The molecule has 0 radical (unpaired) electrons. The van der Waals surface area contributed by atoms with Gasteiger partial charge in [0.2, 0.25) is 5.88 Å². The van der Waals surface area contributed by atoms with Crippen molar-refractivity contribution in [3.8, 4) is 5.88 Å². The van der Waals surface area contributed by atoms with Gasteiger partial charge in [-0.1, -0.05) is 12.1 Å². The minimum atomic E-state index is 0.361. The van der Waals surface area contributed by atoms with Gasteiger partial charge in [0, 0.05) is 14.1 Å². The second-order valence-electron chi connectivity index (χ2n) is 4.18. The van der Waals surface area contributed by atoms with E-state index in [9.17, 15) is 0 Å².